The molecule has 0 aliphatic heterocycles. The van der Waals surface area contributed by atoms with Gasteiger partial charge in [0.25, 0.3) is 0 Å². The summed E-state index contributed by atoms with van der Waals surface area (Å²) in [7, 11) is 0. The Balaban J connectivity index is 1.84. The van der Waals surface area contributed by atoms with Crippen LogP contribution < -0.4 is 5.32 Å². The van der Waals surface area contributed by atoms with E-state index in [1.54, 1.807) is 0 Å². The summed E-state index contributed by atoms with van der Waals surface area (Å²) in [6, 6.07) is 4.99. The Morgan fingerprint density at radius 1 is 1.44 bits per heavy atom. The first-order valence-corrected chi connectivity index (χ1v) is 7.40. The van der Waals surface area contributed by atoms with Crippen molar-refractivity contribution in [1.82, 2.24) is 14.7 Å². The van der Waals surface area contributed by atoms with E-state index in [2.05, 4.69) is 55.9 Å². The average molecular weight is 308 g/mol. The second-order valence-electron chi connectivity index (χ2n) is 5.15. The van der Waals surface area contributed by atoms with E-state index in [0.717, 1.165) is 17.0 Å². The van der Waals surface area contributed by atoms with Gasteiger partial charge in [0.05, 0.1) is 11.2 Å². The summed E-state index contributed by atoms with van der Waals surface area (Å²) in [6.45, 7) is 2.98. The third-order valence-corrected chi connectivity index (χ3v) is 4.30. The highest BCUT2D eigenvalue weighted by atomic mass is 79.9. The fourth-order valence-corrected chi connectivity index (χ4v) is 3.24. The van der Waals surface area contributed by atoms with Crippen LogP contribution in [-0.2, 0) is 6.54 Å². The quantitative estimate of drug-likeness (QED) is 0.941. The van der Waals surface area contributed by atoms with Gasteiger partial charge in [-0.2, -0.15) is 0 Å². The molecule has 2 aromatic rings. The number of nitrogens with zero attached hydrogens (tertiary/aromatic N) is 2. The largest absolute Gasteiger partial charge is 0.308 e. The smallest absolute Gasteiger partial charge is 0.182 e. The van der Waals surface area contributed by atoms with E-state index in [4.69, 9.17) is 0 Å². The number of imidazole rings is 1. The Bertz CT molecular complexity index is 555. The van der Waals surface area contributed by atoms with Crippen LogP contribution in [0, 0.1) is 6.92 Å². The van der Waals surface area contributed by atoms with Crippen LogP contribution in [0.5, 0.6) is 0 Å². The topological polar surface area (TPSA) is 29.3 Å². The lowest BCUT2D eigenvalue weighted by Gasteiger charge is -2.10. The molecule has 96 valence electrons. The summed E-state index contributed by atoms with van der Waals surface area (Å²) in [5, 5.41) is 3.63. The third-order valence-electron chi connectivity index (χ3n) is 3.75. The predicted octanol–water partition coefficient (Wildman–Crippen LogP) is 3.44. The lowest BCUT2D eigenvalue weighted by molar-refractivity contribution is 0.521. The molecule has 0 spiro atoms. The van der Waals surface area contributed by atoms with Crippen LogP contribution >= 0.6 is 15.9 Å². The van der Waals surface area contributed by atoms with Crippen molar-refractivity contribution in [2.24, 2.45) is 0 Å². The van der Waals surface area contributed by atoms with Crippen LogP contribution in [0.2, 0.25) is 0 Å². The first kappa shape index (κ1) is 12.2. The molecule has 1 fully saturated rings. The summed E-state index contributed by atoms with van der Waals surface area (Å²) in [5.74, 6) is 0. The summed E-state index contributed by atoms with van der Waals surface area (Å²) in [5.41, 5.74) is 3.61. The first-order chi connectivity index (χ1) is 8.74. The Morgan fingerprint density at radius 2 is 2.22 bits per heavy atom. The van der Waals surface area contributed by atoms with Gasteiger partial charge in [0.15, 0.2) is 4.73 Å². The minimum atomic E-state index is 0.685. The molecule has 0 unspecified atom stereocenters. The number of nitrogens with one attached hydrogen (secondary N) is 1. The molecule has 0 radical (unpaired) electrons. The number of pyridine rings is 1. The highest BCUT2D eigenvalue weighted by molar-refractivity contribution is 9.10. The molecule has 3 nitrogen and oxygen atoms in total. The molecule has 1 aliphatic rings. The maximum atomic E-state index is 4.61. The average Bonchev–Trinajstić information content (AvgIpc) is 2.95. The van der Waals surface area contributed by atoms with Crippen molar-refractivity contribution < 1.29 is 0 Å². The monoisotopic (exact) mass is 307 g/mol. The molecule has 0 atom stereocenters. The zero-order valence-corrected chi connectivity index (χ0v) is 12.2. The number of aryl methyl sites for hydroxylation is 1. The van der Waals surface area contributed by atoms with E-state index < -0.39 is 0 Å². The van der Waals surface area contributed by atoms with Crippen molar-refractivity contribution in [2.45, 2.75) is 45.2 Å². The summed E-state index contributed by atoms with van der Waals surface area (Å²) in [6.07, 6.45) is 7.42. The lowest BCUT2D eigenvalue weighted by atomic mass is 10.2. The molecule has 1 aliphatic carbocycles. The van der Waals surface area contributed by atoms with Gasteiger partial charge in [-0.25, -0.2) is 4.98 Å². The molecule has 4 heteroatoms. The molecule has 1 N–H and O–H groups in total. The Kier molecular flexibility index (Phi) is 3.39. The van der Waals surface area contributed by atoms with Crippen LogP contribution in [-0.4, -0.2) is 15.4 Å². The molecule has 3 rings (SSSR count). The van der Waals surface area contributed by atoms with E-state index in [-0.39, 0.29) is 0 Å². The van der Waals surface area contributed by atoms with Gasteiger partial charge in [-0.15, -0.1) is 0 Å². The van der Waals surface area contributed by atoms with Crippen LogP contribution in [0.3, 0.4) is 0 Å². The van der Waals surface area contributed by atoms with Gasteiger partial charge in [0.1, 0.15) is 0 Å². The Morgan fingerprint density at radius 3 is 3.00 bits per heavy atom. The van der Waals surface area contributed by atoms with Gasteiger partial charge >= 0.3 is 0 Å². The van der Waals surface area contributed by atoms with Gasteiger partial charge < -0.3 is 5.32 Å². The number of aromatic nitrogens is 2. The minimum Gasteiger partial charge on any atom is -0.308 e. The minimum absolute atomic E-state index is 0.685. The lowest BCUT2D eigenvalue weighted by Crippen LogP contribution is -2.25. The van der Waals surface area contributed by atoms with E-state index in [0.29, 0.717) is 6.04 Å². The summed E-state index contributed by atoms with van der Waals surface area (Å²) in [4.78, 5) is 4.61. The van der Waals surface area contributed by atoms with Gasteiger partial charge in [-0.3, -0.25) is 4.40 Å². The first-order valence-electron chi connectivity index (χ1n) is 6.60. The highest BCUT2D eigenvalue weighted by Crippen LogP contribution is 2.21. The normalized spacial score (nSPS) is 16.8. The predicted molar refractivity (Wildman–Crippen MR) is 76.7 cm³/mol. The fourth-order valence-electron chi connectivity index (χ4n) is 2.71. The molecular formula is C14H18BrN3. The summed E-state index contributed by atoms with van der Waals surface area (Å²) < 4.78 is 2.99. The van der Waals surface area contributed by atoms with Gasteiger partial charge in [-0.05, 0) is 53.4 Å². The molecule has 18 heavy (non-hydrogen) atoms. The number of hydrogen-bond acceptors (Lipinski definition) is 2. The highest BCUT2D eigenvalue weighted by Gasteiger charge is 2.16. The van der Waals surface area contributed by atoms with Gasteiger partial charge in [0.2, 0.25) is 0 Å². The Labute approximate surface area is 116 Å². The van der Waals surface area contributed by atoms with Crippen LogP contribution in [0.15, 0.2) is 23.1 Å². The van der Waals surface area contributed by atoms with Gasteiger partial charge in [-0.1, -0.05) is 12.8 Å². The second kappa shape index (κ2) is 5.02. The maximum Gasteiger partial charge on any atom is 0.182 e. The van der Waals surface area contributed by atoms with E-state index >= 15 is 0 Å². The van der Waals surface area contributed by atoms with Crippen molar-refractivity contribution in [1.29, 1.82) is 0 Å². The van der Waals surface area contributed by atoms with Crippen LogP contribution in [0.25, 0.3) is 5.52 Å². The van der Waals surface area contributed by atoms with Crippen molar-refractivity contribution in [3.63, 3.8) is 0 Å². The van der Waals surface area contributed by atoms with Crippen molar-refractivity contribution in [3.8, 4) is 0 Å². The van der Waals surface area contributed by atoms with Crippen LogP contribution in [0.1, 0.15) is 36.9 Å². The molecule has 1 saturated carbocycles. The molecule has 0 amide bonds. The van der Waals surface area contributed by atoms with E-state index in [9.17, 15) is 0 Å². The van der Waals surface area contributed by atoms with E-state index in [1.807, 2.05) is 0 Å². The standard InChI is InChI=1S/C14H18BrN3/c1-10-6-7-18-13(8-10)12(17-14(18)15)9-16-11-4-2-3-5-11/h6-8,11,16H,2-5,9H2,1H3. The number of fused-ring (bicyclic) bond motifs is 1. The third kappa shape index (κ3) is 2.31. The molecular weight excluding hydrogens is 290 g/mol. The van der Waals surface area contributed by atoms with Crippen molar-refractivity contribution in [3.05, 3.63) is 34.3 Å². The number of hydrogen-bond donors (Lipinski definition) is 1. The second-order valence-corrected chi connectivity index (χ2v) is 5.86. The van der Waals surface area contributed by atoms with Gasteiger partial charge in [0, 0.05) is 18.8 Å². The molecule has 0 saturated heterocycles. The number of rotatable bonds is 3. The van der Waals surface area contributed by atoms with Crippen molar-refractivity contribution in [2.75, 3.05) is 0 Å². The maximum absolute atomic E-state index is 4.61. The summed E-state index contributed by atoms with van der Waals surface area (Å²) >= 11 is 3.52. The SMILES string of the molecule is Cc1ccn2c(Br)nc(CNC3CCCC3)c2c1. The van der Waals surface area contributed by atoms with Crippen molar-refractivity contribution >= 4 is 21.4 Å². The molecule has 0 aromatic carbocycles. The zero-order chi connectivity index (χ0) is 12.5. The van der Waals surface area contributed by atoms with E-state index in [1.165, 1.54) is 36.8 Å². The molecule has 2 aromatic heterocycles. The fraction of sp³-hybridized carbons (Fsp3) is 0.500. The Hall–Kier alpha value is -0.870. The van der Waals surface area contributed by atoms with Crippen LogP contribution in [0.4, 0.5) is 0 Å². The molecule has 0 bridgehead atoms. The molecule has 2 heterocycles. The number of halogens is 1. The zero-order valence-electron chi connectivity index (χ0n) is 10.6.